The lowest BCUT2D eigenvalue weighted by atomic mass is 9.94. The molecule has 1 heterocycles. The summed E-state index contributed by atoms with van der Waals surface area (Å²) in [6, 6.07) is 5.86. The van der Waals surface area contributed by atoms with Crippen molar-refractivity contribution in [1.29, 1.82) is 0 Å². The first-order valence-electron chi connectivity index (χ1n) is 6.90. The second-order valence-corrected chi connectivity index (χ2v) is 5.14. The van der Waals surface area contributed by atoms with Gasteiger partial charge in [-0.3, -0.25) is 4.79 Å². The van der Waals surface area contributed by atoms with Crippen molar-refractivity contribution in [2.75, 3.05) is 26.1 Å². The number of carbonyl (C=O) groups excluding carboxylic acids is 1. The van der Waals surface area contributed by atoms with Crippen LogP contribution in [0.5, 0.6) is 11.5 Å². The summed E-state index contributed by atoms with van der Waals surface area (Å²) < 4.78 is 10.4. The zero-order chi connectivity index (χ0) is 14.5. The molecule has 1 amide bonds. The Bertz CT molecular complexity index is 468. The molecule has 5 heteroatoms. The average molecular weight is 278 g/mol. The molecule has 0 saturated carbocycles. The second kappa shape index (κ2) is 6.61. The SMILES string of the molecule is COc1ccc(OC)c(NC(=O)C2CCC(C)NC2)c1. The van der Waals surface area contributed by atoms with Crippen LogP contribution in [-0.4, -0.2) is 32.7 Å². The molecule has 1 fully saturated rings. The highest BCUT2D eigenvalue weighted by Crippen LogP contribution is 2.29. The minimum Gasteiger partial charge on any atom is -0.497 e. The maximum Gasteiger partial charge on any atom is 0.228 e. The Labute approximate surface area is 119 Å². The van der Waals surface area contributed by atoms with Crippen LogP contribution in [0, 0.1) is 5.92 Å². The van der Waals surface area contributed by atoms with E-state index in [9.17, 15) is 4.79 Å². The third-order valence-corrected chi connectivity index (χ3v) is 3.70. The topological polar surface area (TPSA) is 59.6 Å². The number of rotatable bonds is 4. The molecular weight excluding hydrogens is 256 g/mol. The summed E-state index contributed by atoms with van der Waals surface area (Å²) in [5.41, 5.74) is 0.649. The number of carbonyl (C=O) groups is 1. The first-order valence-corrected chi connectivity index (χ1v) is 6.90. The summed E-state index contributed by atoms with van der Waals surface area (Å²) in [5, 5.41) is 6.27. The molecule has 0 bridgehead atoms. The van der Waals surface area contributed by atoms with E-state index in [2.05, 4.69) is 17.6 Å². The van der Waals surface area contributed by atoms with Gasteiger partial charge in [0.25, 0.3) is 0 Å². The van der Waals surface area contributed by atoms with Crippen molar-refractivity contribution in [3.8, 4) is 11.5 Å². The van der Waals surface area contributed by atoms with E-state index in [4.69, 9.17) is 9.47 Å². The van der Waals surface area contributed by atoms with E-state index in [0.717, 1.165) is 19.4 Å². The maximum atomic E-state index is 12.3. The number of nitrogens with one attached hydrogen (secondary N) is 2. The lowest BCUT2D eigenvalue weighted by molar-refractivity contribution is -0.120. The minimum atomic E-state index is 0.00195. The molecule has 0 aromatic heterocycles. The summed E-state index contributed by atoms with van der Waals surface area (Å²) >= 11 is 0. The smallest absolute Gasteiger partial charge is 0.228 e. The molecular formula is C15H22N2O3. The maximum absolute atomic E-state index is 12.3. The van der Waals surface area contributed by atoms with E-state index >= 15 is 0 Å². The average Bonchev–Trinajstić information content (AvgIpc) is 2.47. The van der Waals surface area contributed by atoms with Crippen molar-refractivity contribution >= 4 is 11.6 Å². The molecule has 1 aromatic carbocycles. The largest absolute Gasteiger partial charge is 0.497 e. The fourth-order valence-electron chi connectivity index (χ4n) is 2.37. The van der Waals surface area contributed by atoms with Crippen LogP contribution in [0.15, 0.2) is 18.2 Å². The van der Waals surface area contributed by atoms with Crippen LogP contribution in [-0.2, 0) is 4.79 Å². The summed E-state index contributed by atoms with van der Waals surface area (Å²) in [4.78, 5) is 12.3. The molecule has 2 N–H and O–H groups in total. The number of ether oxygens (including phenoxy) is 2. The molecule has 1 aliphatic rings. The Morgan fingerprint density at radius 2 is 2.10 bits per heavy atom. The number of benzene rings is 1. The van der Waals surface area contributed by atoms with Gasteiger partial charge in [0.1, 0.15) is 11.5 Å². The van der Waals surface area contributed by atoms with Crippen LogP contribution in [0.1, 0.15) is 19.8 Å². The van der Waals surface area contributed by atoms with E-state index in [1.165, 1.54) is 0 Å². The van der Waals surface area contributed by atoms with Gasteiger partial charge in [0, 0.05) is 18.7 Å². The standard InChI is InChI=1S/C15H22N2O3/c1-10-4-5-11(9-16-10)15(18)17-13-8-12(19-2)6-7-14(13)20-3/h6-8,10-11,16H,4-5,9H2,1-3H3,(H,17,18). The second-order valence-electron chi connectivity index (χ2n) is 5.14. The molecule has 1 aromatic rings. The molecule has 2 atom stereocenters. The van der Waals surface area contributed by atoms with Crippen LogP contribution in [0.25, 0.3) is 0 Å². The van der Waals surface area contributed by atoms with Crippen molar-refractivity contribution < 1.29 is 14.3 Å². The van der Waals surface area contributed by atoms with Crippen molar-refractivity contribution in [2.24, 2.45) is 5.92 Å². The Balaban J connectivity index is 2.06. The molecule has 1 aliphatic heterocycles. The zero-order valence-corrected chi connectivity index (χ0v) is 12.2. The zero-order valence-electron chi connectivity index (χ0n) is 12.2. The first-order chi connectivity index (χ1) is 9.63. The predicted molar refractivity (Wildman–Crippen MR) is 78.4 cm³/mol. The van der Waals surface area contributed by atoms with Gasteiger partial charge >= 0.3 is 0 Å². The van der Waals surface area contributed by atoms with Crippen molar-refractivity contribution in [2.45, 2.75) is 25.8 Å². The van der Waals surface area contributed by atoms with Crippen LogP contribution < -0.4 is 20.1 Å². The third-order valence-electron chi connectivity index (χ3n) is 3.70. The monoisotopic (exact) mass is 278 g/mol. The lowest BCUT2D eigenvalue weighted by Crippen LogP contribution is -2.41. The van der Waals surface area contributed by atoms with E-state index < -0.39 is 0 Å². The highest BCUT2D eigenvalue weighted by atomic mass is 16.5. The third kappa shape index (κ3) is 3.42. The summed E-state index contributed by atoms with van der Waals surface area (Å²) in [7, 11) is 3.18. The van der Waals surface area contributed by atoms with Gasteiger partial charge in [0.15, 0.2) is 0 Å². The van der Waals surface area contributed by atoms with Crippen LogP contribution >= 0.6 is 0 Å². The van der Waals surface area contributed by atoms with Crippen molar-refractivity contribution in [3.05, 3.63) is 18.2 Å². The molecule has 5 nitrogen and oxygen atoms in total. The number of methoxy groups -OCH3 is 2. The quantitative estimate of drug-likeness (QED) is 0.884. The number of anilines is 1. The van der Waals surface area contributed by atoms with Gasteiger partial charge in [-0.15, -0.1) is 0 Å². The summed E-state index contributed by atoms with van der Waals surface area (Å²) in [6.07, 6.45) is 1.93. The van der Waals surface area contributed by atoms with Gasteiger partial charge in [-0.1, -0.05) is 0 Å². The Morgan fingerprint density at radius 3 is 2.70 bits per heavy atom. The Hall–Kier alpha value is -1.75. The van der Waals surface area contributed by atoms with Crippen molar-refractivity contribution in [3.63, 3.8) is 0 Å². The van der Waals surface area contributed by atoms with Gasteiger partial charge in [0.05, 0.1) is 25.8 Å². The Morgan fingerprint density at radius 1 is 1.30 bits per heavy atom. The lowest BCUT2D eigenvalue weighted by Gasteiger charge is -2.27. The molecule has 0 radical (unpaired) electrons. The van der Waals surface area contributed by atoms with Gasteiger partial charge in [-0.05, 0) is 31.9 Å². The van der Waals surface area contributed by atoms with Gasteiger partial charge in [0.2, 0.25) is 5.91 Å². The van der Waals surface area contributed by atoms with E-state index in [0.29, 0.717) is 23.2 Å². The van der Waals surface area contributed by atoms with Gasteiger partial charge in [-0.2, -0.15) is 0 Å². The van der Waals surface area contributed by atoms with Gasteiger partial charge < -0.3 is 20.1 Å². The van der Waals surface area contributed by atoms with Crippen LogP contribution in [0.3, 0.4) is 0 Å². The minimum absolute atomic E-state index is 0.00195. The summed E-state index contributed by atoms with van der Waals surface area (Å²) in [6.45, 7) is 2.86. The molecule has 0 aliphatic carbocycles. The van der Waals surface area contributed by atoms with E-state index in [1.807, 2.05) is 0 Å². The number of piperidine rings is 1. The number of hydrogen-bond donors (Lipinski definition) is 2. The number of hydrogen-bond acceptors (Lipinski definition) is 4. The Kier molecular flexibility index (Phi) is 4.84. The molecule has 1 saturated heterocycles. The highest BCUT2D eigenvalue weighted by molar-refractivity contribution is 5.94. The molecule has 110 valence electrons. The van der Waals surface area contributed by atoms with E-state index in [1.54, 1.807) is 32.4 Å². The fourth-order valence-corrected chi connectivity index (χ4v) is 2.37. The van der Waals surface area contributed by atoms with Crippen LogP contribution in [0.2, 0.25) is 0 Å². The normalized spacial score (nSPS) is 22.1. The van der Waals surface area contributed by atoms with Crippen LogP contribution in [0.4, 0.5) is 5.69 Å². The molecule has 2 unspecified atom stereocenters. The molecule has 20 heavy (non-hydrogen) atoms. The molecule has 0 spiro atoms. The first kappa shape index (κ1) is 14.7. The summed E-state index contributed by atoms with van der Waals surface area (Å²) in [5.74, 6) is 1.35. The number of amides is 1. The van der Waals surface area contributed by atoms with Gasteiger partial charge in [-0.25, -0.2) is 0 Å². The highest BCUT2D eigenvalue weighted by Gasteiger charge is 2.24. The molecule has 2 rings (SSSR count). The van der Waals surface area contributed by atoms with Crippen molar-refractivity contribution in [1.82, 2.24) is 5.32 Å². The fraction of sp³-hybridized carbons (Fsp3) is 0.533. The predicted octanol–water partition coefficient (Wildman–Crippen LogP) is 2.03. The van der Waals surface area contributed by atoms with E-state index in [-0.39, 0.29) is 11.8 Å².